The van der Waals surface area contributed by atoms with Gasteiger partial charge in [-0.1, -0.05) is 18.2 Å². The molecule has 0 amide bonds. The molecule has 1 saturated heterocycles. The molecule has 0 aliphatic carbocycles. The molecule has 0 saturated carbocycles. The van der Waals surface area contributed by atoms with Gasteiger partial charge in [0.25, 0.3) is 5.56 Å². The molecule has 28 heavy (non-hydrogen) atoms. The van der Waals surface area contributed by atoms with E-state index in [2.05, 4.69) is 41.0 Å². The summed E-state index contributed by atoms with van der Waals surface area (Å²) in [5, 5.41) is 0. The third-order valence-corrected chi connectivity index (χ3v) is 5.77. The number of rotatable bonds is 4. The Hall–Kier alpha value is -2.66. The molecule has 3 aromatic rings. The minimum atomic E-state index is 0.0737. The molecule has 0 radical (unpaired) electrons. The number of nitrogens with zero attached hydrogens (tertiary/aromatic N) is 4. The lowest BCUT2D eigenvalue weighted by atomic mass is 10.1. The molecule has 146 valence electrons. The summed E-state index contributed by atoms with van der Waals surface area (Å²) in [7, 11) is 0. The van der Waals surface area contributed by atoms with Crippen LogP contribution in [0.1, 0.15) is 22.4 Å². The number of piperazine rings is 1. The number of aromatic nitrogens is 2. The van der Waals surface area contributed by atoms with E-state index in [1.807, 2.05) is 32.2 Å². The molecule has 0 bridgehead atoms. The molecular formula is C23H28N4O. The summed E-state index contributed by atoms with van der Waals surface area (Å²) in [6.07, 6.45) is 2.57. The zero-order valence-electron chi connectivity index (χ0n) is 17.0. The van der Waals surface area contributed by atoms with Gasteiger partial charge in [0.1, 0.15) is 5.65 Å². The van der Waals surface area contributed by atoms with E-state index in [0.29, 0.717) is 0 Å². The topological polar surface area (TPSA) is 40.9 Å². The standard InChI is InChI=1S/C23H28N4O/c1-17-6-4-8-20(16-17)26-14-12-25(13-15-26)11-9-21-19(3)24-22-18(2)7-5-10-27(22)23(21)28/h4-8,10,16H,9,11-15H2,1-3H3. The van der Waals surface area contributed by atoms with Gasteiger partial charge in [0.05, 0.1) is 0 Å². The quantitative estimate of drug-likeness (QED) is 0.702. The lowest BCUT2D eigenvalue weighted by Gasteiger charge is -2.36. The number of aryl methyl sites for hydroxylation is 3. The molecule has 0 unspecified atom stereocenters. The molecule has 5 heteroatoms. The van der Waals surface area contributed by atoms with Crippen molar-refractivity contribution in [1.82, 2.24) is 14.3 Å². The predicted molar refractivity (Wildman–Crippen MR) is 114 cm³/mol. The van der Waals surface area contributed by atoms with Crippen molar-refractivity contribution in [2.24, 2.45) is 0 Å². The summed E-state index contributed by atoms with van der Waals surface area (Å²) in [6, 6.07) is 12.6. The highest BCUT2D eigenvalue weighted by Crippen LogP contribution is 2.18. The van der Waals surface area contributed by atoms with Crippen molar-refractivity contribution in [2.45, 2.75) is 27.2 Å². The first-order chi connectivity index (χ1) is 13.5. The van der Waals surface area contributed by atoms with Gasteiger partial charge in [-0.25, -0.2) is 4.98 Å². The summed E-state index contributed by atoms with van der Waals surface area (Å²) in [4.78, 5) is 22.5. The van der Waals surface area contributed by atoms with Crippen molar-refractivity contribution in [3.8, 4) is 0 Å². The van der Waals surface area contributed by atoms with Gasteiger partial charge in [0, 0.05) is 55.9 Å². The van der Waals surface area contributed by atoms with Crippen LogP contribution in [-0.2, 0) is 6.42 Å². The normalized spacial score (nSPS) is 15.3. The van der Waals surface area contributed by atoms with Gasteiger partial charge in [-0.05, 0) is 56.5 Å². The van der Waals surface area contributed by atoms with Gasteiger partial charge in [0.2, 0.25) is 0 Å². The zero-order chi connectivity index (χ0) is 19.7. The van der Waals surface area contributed by atoms with E-state index in [9.17, 15) is 4.79 Å². The van der Waals surface area contributed by atoms with E-state index in [1.54, 1.807) is 4.40 Å². The van der Waals surface area contributed by atoms with Gasteiger partial charge in [0.15, 0.2) is 0 Å². The fourth-order valence-corrected chi connectivity index (χ4v) is 4.05. The number of hydrogen-bond acceptors (Lipinski definition) is 4. The zero-order valence-corrected chi connectivity index (χ0v) is 17.0. The second-order valence-electron chi connectivity index (χ2n) is 7.78. The molecule has 0 atom stereocenters. The van der Waals surface area contributed by atoms with Crippen molar-refractivity contribution in [3.63, 3.8) is 0 Å². The molecule has 4 rings (SSSR count). The van der Waals surface area contributed by atoms with Crippen LogP contribution in [0.5, 0.6) is 0 Å². The van der Waals surface area contributed by atoms with Crippen molar-refractivity contribution >= 4 is 11.3 Å². The first-order valence-electron chi connectivity index (χ1n) is 10.0. The fourth-order valence-electron chi connectivity index (χ4n) is 4.05. The second kappa shape index (κ2) is 7.76. The Morgan fingerprint density at radius 3 is 2.54 bits per heavy atom. The maximum Gasteiger partial charge on any atom is 0.261 e. The highest BCUT2D eigenvalue weighted by Gasteiger charge is 2.18. The average Bonchev–Trinajstić information content (AvgIpc) is 2.69. The molecule has 1 aromatic carbocycles. The van der Waals surface area contributed by atoms with Gasteiger partial charge in [-0.3, -0.25) is 14.1 Å². The van der Waals surface area contributed by atoms with Crippen LogP contribution >= 0.6 is 0 Å². The van der Waals surface area contributed by atoms with Crippen molar-refractivity contribution in [2.75, 3.05) is 37.6 Å². The Kier molecular flexibility index (Phi) is 5.18. The van der Waals surface area contributed by atoms with E-state index in [1.165, 1.54) is 11.3 Å². The third kappa shape index (κ3) is 3.67. The van der Waals surface area contributed by atoms with Gasteiger partial charge >= 0.3 is 0 Å². The van der Waals surface area contributed by atoms with Crippen LogP contribution in [0.25, 0.3) is 5.65 Å². The molecule has 2 aromatic heterocycles. The number of benzene rings is 1. The molecular weight excluding hydrogens is 348 g/mol. The third-order valence-electron chi connectivity index (χ3n) is 5.77. The van der Waals surface area contributed by atoms with Crippen molar-refractivity contribution in [1.29, 1.82) is 0 Å². The molecule has 0 N–H and O–H groups in total. The minimum Gasteiger partial charge on any atom is -0.369 e. The van der Waals surface area contributed by atoms with Crippen molar-refractivity contribution in [3.05, 3.63) is 75.3 Å². The highest BCUT2D eigenvalue weighted by atomic mass is 16.1. The van der Waals surface area contributed by atoms with E-state index in [-0.39, 0.29) is 5.56 Å². The molecule has 0 spiro atoms. The Morgan fingerprint density at radius 2 is 1.79 bits per heavy atom. The number of hydrogen-bond donors (Lipinski definition) is 0. The van der Waals surface area contributed by atoms with Crippen molar-refractivity contribution < 1.29 is 0 Å². The van der Waals surface area contributed by atoms with Crippen LogP contribution in [0.15, 0.2) is 47.4 Å². The van der Waals surface area contributed by atoms with Gasteiger partial charge in [-0.2, -0.15) is 0 Å². The summed E-state index contributed by atoms with van der Waals surface area (Å²) >= 11 is 0. The summed E-state index contributed by atoms with van der Waals surface area (Å²) in [5.41, 5.74) is 6.17. The average molecular weight is 377 g/mol. The van der Waals surface area contributed by atoms with Crippen LogP contribution in [0.4, 0.5) is 5.69 Å². The van der Waals surface area contributed by atoms with Crippen LogP contribution < -0.4 is 10.5 Å². The summed E-state index contributed by atoms with van der Waals surface area (Å²) in [6.45, 7) is 11.1. The van der Waals surface area contributed by atoms with Crippen LogP contribution in [0, 0.1) is 20.8 Å². The largest absolute Gasteiger partial charge is 0.369 e. The number of anilines is 1. The van der Waals surface area contributed by atoms with Gasteiger partial charge < -0.3 is 4.90 Å². The number of pyridine rings is 1. The minimum absolute atomic E-state index is 0.0737. The number of fused-ring (bicyclic) bond motifs is 1. The van der Waals surface area contributed by atoms with E-state index in [4.69, 9.17) is 4.98 Å². The van der Waals surface area contributed by atoms with Crippen LogP contribution in [0.2, 0.25) is 0 Å². The first kappa shape index (κ1) is 18.7. The predicted octanol–water partition coefficient (Wildman–Crippen LogP) is 2.98. The summed E-state index contributed by atoms with van der Waals surface area (Å²) < 4.78 is 1.69. The smallest absolute Gasteiger partial charge is 0.261 e. The first-order valence-corrected chi connectivity index (χ1v) is 10.0. The molecule has 1 fully saturated rings. The second-order valence-corrected chi connectivity index (χ2v) is 7.78. The Labute approximate surface area is 166 Å². The Balaban J connectivity index is 1.43. The fraction of sp³-hybridized carbons (Fsp3) is 0.391. The lowest BCUT2D eigenvalue weighted by Crippen LogP contribution is -2.47. The van der Waals surface area contributed by atoms with Gasteiger partial charge in [-0.15, -0.1) is 0 Å². The molecule has 1 aliphatic rings. The Bertz CT molecular complexity index is 1050. The molecule has 5 nitrogen and oxygen atoms in total. The lowest BCUT2D eigenvalue weighted by molar-refractivity contribution is 0.260. The highest BCUT2D eigenvalue weighted by molar-refractivity contribution is 5.49. The molecule has 1 aliphatic heterocycles. The maximum atomic E-state index is 12.9. The monoisotopic (exact) mass is 376 g/mol. The molecule has 3 heterocycles. The summed E-state index contributed by atoms with van der Waals surface area (Å²) in [5.74, 6) is 0. The maximum absolute atomic E-state index is 12.9. The van der Waals surface area contributed by atoms with Crippen LogP contribution in [-0.4, -0.2) is 47.0 Å². The SMILES string of the molecule is Cc1cccc(N2CCN(CCc3c(C)nc4c(C)cccn4c3=O)CC2)c1. The van der Waals surface area contributed by atoms with Crippen LogP contribution in [0.3, 0.4) is 0 Å². The van der Waals surface area contributed by atoms with E-state index in [0.717, 1.165) is 61.6 Å². The van der Waals surface area contributed by atoms with E-state index < -0.39 is 0 Å². The Morgan fingerprint density at radius 1 is 1.00 bits per heavy atom. The van der Waals surface area contributed by atoms with E-state index >= 15 is 0 Å².